The molecule has 0 amide bonds. The highest BCUT2D eigenvalue weighted by atomic mass is 16.4. The van der Waals surface area contributed by atoms with Crippen LogP contribution in [0.25, 0.3) is 11.1 Å². The lowest BCUT2D eigenvalue weighted by Gasteiger charge is -2.12. The standard InChI is InChI=1S/C16H14O4/c1-9-3-10(2)5-11(4-9)12-6-13(15(17)18)8-14(7-12)16(19)20/h3-8H,1-2H3,(H,17,18)(H,19,20)/p-2. The van der Waals surface area contributed by atoms with Crippen molar-refractivity contribution >= 4 is 11.9 Å². The van der Waals surface area contributed by atoms with Gasteiger partial charge < -0.3 is 19.8 Å². The monoisotopic (exact) mass is 268 g/mol. The minimum Gasteiger partial charge on any atom is -0.545 e. The van der Waals surface area contributed by atoms with E-state index >= 15 is 0 Å². The molecule has 0 heterocycles. The van der Waals surface area contributed by atoms with Gasteiger partial charge in [0.15, 0.2) is 0 Å². The summed E-state index contributed by atoms with van der Waals surface area (Å²) < 4.78 is 0. The Morgan fingerprint density at radius 2 is 1.10 bits per heavy atom. The lowest BCUT2D eigenvalue weighted by molar-refractivity contribution is -0.255. The smallest absolute Gasteiger partial charge is 0.0715 e. The van der Waals surface area contributed by atoms with Gasteiger partial charge in [0.25, 0.3) is 0 Å². The molecule has 4 nitrogen and oxygen atoms in total. The Balaban J connectivity index is 2.66. The lowest BCUT2D eigenvalue weighted by Crippen LogP contribution is -2.25. The molecule has 0 spiro atoms. The Labute approximate surface area is 116 Å². The van der Waals surface area contributed by atoms with Gasteiger partial charge in [0.1, 0.15) is 0 Å². The predicted molar refractivity (Wildman–Crippen MR) is 70.0 cm³/mol. The lowest BCUT2D eigenvalue weighted by atomic mass is 9.97. The van der Waals surface area contributed by atoms with Crippen molar-refractivity contribution in [3.05, 3.63) is 58.7 Å². The summed E-state index contributed by atoms with van der Waals surface area (Å²) in [4.78, 5) is 21.9. The van der Waals surface area contributed by atoms with Crippen molar-refractivity contribution < 1.29 is 19.8 Å². The number of carboxylic acid groups (broad SMARTS) is 2. The molecule has 2 aromatic rings. The van der Waals surface area contributed by atoms with Crippen LogP contribution in [-0.2, 0) is 0 Å². The molecule has 102 valence electrons. The summed E-state index contributed by atoms with van der Waals surface area (Å²) >= 11 is 0. The molecule has 0 bridgehead atoms. The first-order valence-electron chi connectivity index (χ1n) is 6.03. The fourth-order valence-electron chi connectivity index (χ4n) is 2.17. The van der Waals surface area contributed by atoms with Gasteiger partial charge in [0.2, 0.25) is 0 Å². The number of rotatable bonds is 3. The second-order valence-corrected chi connectivity index (χ2v) is 4.75. The first-order chi connectivity index (χ1) is 9.36. The average molecular weight is 268 g/mol. The van der Waals surface area contributed by atoms with Crippen LogP contribution in [-0.4, -0.2) is 11.9 Å². The molecule has 0 fully saturated rings. The Hall–Kier alpha value is -2.62. The fourth-order valence-corrected chi connectivity index (χ4v) is 2.17. The number of benzene rings is 2. The van der Waals surface area contributed by atoms with Crippen LogP contribution in [0.3, 0.4) is 0 Å². The van der Waals surface area contributed by atoms with Crippen molar-refractivity contribution in [1.82, 2.24) is 0 Å². The highest BCUT2D eigenvalue weighted by molar-refractivity contribution is 5.94. The van der Waals surface area contributed by atoms with E-state index in [1.54, 1.807) is 0 Å². The zero-order valence-corrected chi connectivity index (χ0v) is 11.1. The molecule has 2 rings (SSSR count). The van der Waals surface area contributed by atoms with E-state index in [-0.39, 0.29) is 11.1 Å². The minimum absolute atomic E-state index is 0.180. The van der Waals surface area contributed by atoms with Crippen LogP contribution in [0.15, 0.2) is 36.4 Å². The zero-order valence-electron chi connectivity index (χ0n) is 11.1. The maximum absolute atomic E-state index is 11.0. The van der Waals surface area contributed by atoms with E-state index in [0.717, 1.165) is 22.8 Å². The van der Waals surface area contributed by atoms with Gasteiger partial charge in [-0.25, -0.2) is 0 Å². The molecule has 0 aliphatic carbocycles. The summed E-state index contributed by atoms with van der Waals surface area (Å²) in [7, 11) is 0. The van der Waals surface area contributed by atoms with Crippen LogP contribution >= 0.6 is 0 Å². The third kappa shape index (κ3) is 2.85. The maximum atomic E-state index is 11.0. The molecule has 0 saturated heterocycles. The Morgan fingerprint density at radius 1 is 0.700 bits per heavy atom. The molecule has 0 atom stereocenters. The van der Waals surface area contributed by atoms with Crippen molar-refractivity contribution in [2.24, 2.45) is 0 Å². The van der Waals surface area contributed by atoms with Gasteiger partial charge in [0.05, 0.1) is 11.9 Å². The SMILES string of the molecule is Cc1cc(C)cc(-c2cc(C(=O)[O-])cc(C(=O)[O-])c2)c1. The highest BCUT2D eigenvalue weighted by Gasteiger charge is 2.06. The van der Waals surface area contributed by atoms with Gasteiger partial charge in [-0.05, 0) is 54.3 Å². The first kappa shape index (κ1) is 13.8. The van der Waals surface area contributed by atoms with Gasteiger partial charge in [0, 0.05) is 0 Å². The number of carboxylic acids is 2. The van der Waals surface area contributed by atoms with Crippen LogP contribution in [0.5, 0.6) is 0 Å². The van der Waals surface area contributed by atoms with E-state index < -0.39 is 11.9 Å². The van der Waals surface area contributed by atoms with Crippen LogP contribution in [0.1, 0.15) is 31.8 Å². The summed E-state index contributed by atoms with van der Waals surface area (Å²) in [6.45, 7) is 3.83. The zero-order chi connectivity index (χ0) is 14.9. The number of aromatic carboxylic acids is 2. The molecule has 0 N–H and O–H groups in total. The van der Waals surface area contributed by atoms with Crippen molar-refractivity contribution in [3.8, 4) is 11.1 Å². The fraction of sp³-hybridized carbons (Fsp3) is 0.125. The summed E-state index contributed by atoms with van der Waals surface area (Å²) in [6, 6.07) is 9.54. The van der Waals surface area contributed by atoms with Gasteiger partial charge >= 0.3 is 0 Å². The topological polar surface area (TPSA) is 80.3 Å². The van der Waals surface area contributed by atoms with E-state index in [1.165, 1.54) is 12.1 Å². The third-order valence-corrected chi connectivity index (χ3v) is 2.96. The van der Waals surface area contributed by atoms with Crippen LogP contribution in [0.2, 0.25) is 0 Å². The van der Waals surface area contributed by atoms with E-state index in [9.17, 15) is 19.8 Å². The molecule has 0 aliphatic heterocycles. The Bertz CT molecular complexity index is 649. The summed E-state index contributed by atoms with van der Waals surface area (Å²) in [6.07, 6.45) is 0. The molecule has 0 aromatic heterocycles. The van der Waals surface area contributed by atoms with Crippen molar-refractivity contribution in [2.45, 2.75) is 13.8 Å². The number of carbonyl (C=O) groups is 2. The largest absolute Gasteiger partial charge is 0.545 e. The highest BCUT2D eigenvalue weighted by Crippen LogP contribution is 2.24. The average Bonchev–Trinajstić information content (AvgIpc) is 2.36. The second kappa shape index (κ2) is 5.17. The predicted octanol–water partition coefficient (Wildman–Crippen LogP) is 0.697. The second-order valence-electron chi connectivity index (χ2n) is 4.75. The third-order valence-electron chi connectivity index (χ3n) is 2.96. The van der Waals surface area contributed by atoms with Gasteiger partial charge in [-0.3, -0.25) is 0 Å². The molecule has 0 aliphatic rings. The van der Waals surface area contributed by atoms with Gasteiger partial charge in [-0.1, -0.05) is 29.3 Å². The van der Waals surface area contributed by atoms with Crippen molar-refractivity contribution in [2.75, 3.05) is 0 Å². The molecule has 0 saturated carbocycles. The molecule has 0 unspecified atom stereocenters. The molecule has 4 heteroatoms. The van der Waals surface area contributed by atoms with Crippen LogP contribution in [0.4, 0.5) is 0 Å². The summed E-state index contributed by atoms with van der Waals surface area (Å²) in [5, 5.41) is 21.9. The maximum Gasteiger partial charge on any atom is 0.0715 e. The van der Waals surface area contributed by atoms with E-state index in [4.69, 9.17) is 0 Å². The van der Waals surface area contributed by atoms with E-state index in [2.05, 4.69) is 0 Å². The number of hydrogen-bond acceptors (Lipinski definition) is 4. The summed E-state index contributed by atoms with van der Waals surface area (Å²) in [5.41, 5.74) is 2.93. The molecule has 0 radical (unpaired) electrons. The van der Waals surface area contributed by atoms with E-state index in [0.29, 0.717) is 5.56 Å². The molecular formula is C16H12O4-2. The number of carbonyl (C=O) groups excluding carboxylic acids is 2. The van der Waals surface area contributed by atoms with Crippen molar-refractivity contribution in [1.29, 1.82) is 0 Å². The van der Waals surface area contributed by atoms with Crippen LogP contribution in [0, 0.1) is 13.8 Å². The van der Waals surface area contributed by atoms with Crippen LogP contribution < -0.4 is 10.2 Å². The Kier molecular flexibility index (Phi) is 3.57. The Morgan fingerprint density at radius 3 is 1.50 bits per heavy atom. The number of hydrogen-bond donors (Lipinski definition) is 0. The van der Waals surface area contributed by atoms with Gasteiger partial charge in [-0.2, -0.15) is 0 Å². The quantitative estimate of drug-likeness (QED) is 0.820. The van der Waals surface area contributed by atoms with Crippen molar-refractivity contribution in [3.63, 3.8) is 0 Å². The van der Waals surface area contributed by atoms with E-state index in [1.807, 2.05) is 32.0 Å². The minimum atomic E-state index is -1.42. The van der Waals surface area contributed by atoms with Gasteiger partial charge in [-0.15, -0.1) is 0 Å². The molecule has 20 heavy (non-hydrogen) atoms. The normalized spacial score (nSPS) is 10.3. The molecular weight excluding hydrogens is 256 g/mol. The summed E-state index contributed by atoms with van der Waals surface area (Å²) in [5.74, 6) is -2.84. The molecule has 2 aromatic carbocycles. The number of aryl methyl sites for hydroxylation is 2. The first-order valence-corrected chi connectivity index (χ1v) is 6.03.